The first-order valence-electron chi connectivity index (χ1n) is 4.19. The zero-order valence-electron chi connectivity index (χ0n) is 6.89. The van der Waals surface area contributed by atoms with Gasteiger partial charge in [-0.15, -0.1) is 0 Å². The summed E-state index contributed by atoms with van der Waals surface area (Å²) in [6, 6.07) is 3.76. The fraction of sp³-hybridized carbons (Fsp3) is 0. The van der Waals surface area contributed by atoms with E-state index in [1.165, 1.54) is 0 Å². The highest BCUT2D eigenvalue weighted by molar-refractivity contribution is 6.42. The Kier molecular flexibility index (Phi) is 1.18. The average molecular weight is 173 g/mol. The van der Waals surface area contributed by atoms with Crippen molar-refractivity contribution >= 4 is 19.6 Å². The number of halogens is 1. The van der Waals surface area contributed by atoms with Crippen LogP contribution in [0.25, 0.3) is 6.08 Å². The van der Waals surface area contributed by atoms with Crippen LogP contribution in [0.3, 0.4) is 0 Å². The van der Waals surface area contributed by atoms with Crippen LogP contribution in [0.1, 0.15) is 5.69 Å². The topological polar surface area (TPSA) is 7.94 Å². The van der Waals surface area contributed by atoms with Crippen molar-refractivity contribution in [3.05, 3.63) is 41.9 Å². The molecular weight excluding hydrogens is 166 g/mol. The molecule has 2 aliphatic heterocycles. The molecule has 2 nitrogen and oxygen atoms in total. The Bertz CT molecular complexity index is 456. The molecule has 0 fully saturated rings. The zero-order valence-corrected chi connectivity index (χ0v) is 6.89. The summed E-state index contributed by atoms with van der Waals surface area (Å²) in [6.45, 7) is 0. The largest absolute Gasteiger partial charge is 0.845 e. The van der Waals surface area contributed by atoms with Crippen LogP contribution in [0.15, 0.2) is 36.2 Å². The molecule has 0 aliphatic carbocycles. The number of nitrogens with zero attached hydrogens (tertiary/aromatic N) is 2. The van der Waals surface area contributed by atoms with Gasteiger partial charge in [-0.3, -0.25) is 4.48 Å². The predicted octanol–water partition coefficient (Wildman–Crippen LogP) is 1.30. The van der Waals surface area contributed by atoms with Gasteiger partial charge in [-0.25, -0.2) is 8.80 Å². The second-order valence-electron chi connectivity index (χ2n) is 3.14. The minimum Gasteiger partial charge on any atom is -0.293 e. The van der Waals surface area contributed by atoms with Gasteiger partial charge in [-0.05, 0) is 12.1 Å². The van der Waals surface area contributed by atoms with Crippen molar-refractivity contribution in [3.63, 3.8) is 0 Å². The van der Waals surface area contributed by atoms with Crippen LogP contribution >= 0.6 is 0 Å². The zero-order chi connectivity index (χ0) is 8.84. The quantitative estimate of drug-likeness (QED) is 0.522. The van der Waals surface area contributed by atoms with Gasteiger partial charge >= 0.3 is 7.26 Å². The summed E-state index contributed by atoms with van der Waals surface area (Å²) < 4.78 is 17.0. The summed E-state index contributed by atoms with van der Waals surface area (Å²) in [6.07, 6.45) is 9.23. The molecule has 0 atom stereocenters. The second-order valence-corrected chi connectivity index (χ2v) is 3.14. The molecule has 62 valence electrons. The van der Waals surface area contributed by atoms with Crippen molar-refractivity contribution in [3.8, 4) is 0 Å². The molecule has 2 aliphatic rings. The first-order chi connectivity index (χ1) is 6.36. The standard InChI is InChI=1S/C9H7BFN2/c11-10-12-5-1-3-8(12)7-9-4-2-6-13(9)10/h1-7H/q+1. The van der Waals surface area contributed by atoms with E-state index in [1.54, 1.807) is 21.4 Å². The van der Waals surface area contributed by atoms with Gasteiger partial charge in [0.2, 0.25) is 0 Å². The molecule has 0 N–H and O–H groups in total. The summed E-state index contributed by atoms with van der Waals surface area (Å²) >= 11 is 0. The molecule has 3 heterocycles. The van der Waals surface area contributed by atoms with Crippen molar-refractivity contribution in [1.29, 1.82) is 0 Å². The van der Waals surface area contributed by atoms with Crippen LogP contribution in [-0.2, 0) is 0 Å². The SMILES string of the molecule is FB1n2cccc2C=C2C=CC=[N+]12. The lowest BCUT2D eigenvalue weighted by Crippen LogP contribution is -2.35. The number of rotatable bonds is 0. The van der Waals surface area contributed by atoms with Gasteiger partial charge in [0.1, 0.15) is 6.21 Å². The fourth-order valence-corrected chi connectivity index (χ4v) is 1.73. The maximum Gasteiger partial charge on any atom is 0.845 e. The Balaban J connectivity index is 2.26. The van der Waals surface area contributed by atoms with Crippen molar-refractivity contribution < 1.29 is 8.80 Å². The maximum absolute atomic E-state index is 13.7. The second kappa shape index (κ2) is 2.22. The minimum atomic E-state index is -1.10. The van der Waals surface area contributed by atoms with Crippen LogP contribution in [0, 0.1) is 0 Å². The van der Waals surface area contributed by atoms with Crippen LogP contribution in [-0.4, -0.2) is 22.4 Å². The Morgan fingerprint density at radius 3 is 3.31 bits per heavy atom. The van der Waals surface area contributed by atoms with Crippen molar-refractivity contribution in [2.24, 2.45) is 0 Å². The predicted molar refractivity (Wildman–Crippen MR) is 50.1 cm³/mol. The molecule has 0 spiro atoms. The number of hydrogen-bond acceptors (Lipinski definition) is 0. The highest BCUT2D eigenvalue weighted by Crippen LogP contribution is 2.20. The molecule has 4 heteroatoms. The first-order valence-corrected chi connectivity index (χ1v) is 4.19. The lowest BCUT2D eigenvalue weighted by atomic mass is 9.99. The van der Waals surface area contributed by atoms with Gasteiger partial charge in [0.25, 0.3) is 0 Å². The molecule has 0 unspecified atom stereocenters. The van der Waals surface area contributed by atoms with Crippen LogP contribution in [0.5, 0.6) is 0 Å². The Hall–Kier alpha value is -1.58. The molecule has 0 amide bonds. The van der Waals surface area contributed by atoms with E-state index in [9.17, 15) is 4.32 Å². The van der Waals surface area contributed by atoms with Gasteiger partial charge in [0.05, 0.1) is 0 Å². The molecular formula is C9H7BFN2+. The summed E-state index contributed by atoms with van der Waals surface area (Å²) in [4.78, 5) is 0. The van der Waals surface area contributed by atoms with E-state index >= 15 is 0 Å². The molecule has 1 aromatic rings. The summed E-state index contributed by atoms with van der Waals surface area (Å²) in [7, 11) is -1.10. The van der Waals surface area contributed by atoms with E-state index in [0.29, 0.717) is 0 Å². The van der Waals surface area contributed by atoms with E-state index in [0.717, 1.165) is 11.4 Å². The van der Waals surface area contributed by atoms with Crippen molar-refractivity contribution in [2.45, 2.75) is 0 Å². The van der Waals surface area contributed by atoms with Crippen molar-refractivity contribution in [2.75, 3.05) is 0 Å². The van der Waals surface area contributed by atoms with Crippen LogP contribution in [0.2, 0.25) is 0 Å². The summed E-state index contributed by atoms with van der Waals surface area (Å²) in [5.74, 6) is 0. The van der Waals surface area contributed by atoms with E-state index in [-0.39, 0.29) is 0 Å². The molecule has 1 aromatic heterocycles. The fourth-order valence-electron chi connectivity index (χ4n) is 1.73. The third-order valence-electron chi connectivity index (χ3n) is 2.38. The molecule has 13 heavy (non-hydrogen) atoms. The smallest absolute Gasteiger partial charge is 0.293 e. The molecule has 0 bridgehead atoms. The molecule has 0 saturated heterocycles. The number of hydrogen-bond donors (Lipinski definition) is 0. The summed E-state index contributed by atoms with van der Waals surface area (Å²) in [5.41, 5.74) is 1.83. The van der Waals surface area contributed by atoms with E-state index in [1.807, 2.05) is 30.4 Å². The minimum absolute atomic E-state index is 0.915. The molecule has 0 aromatic carbocycles. The number of fused-ring (bicyclic) bond motifs is 2. The normalized spacial score (nSPS) is 18.1. The Labute approximate surface area is 75.5 Å². The third-order valence-corrected chi connectivity index (χ3v) is 2.38. The van der Waals surface area contributed by atoms with E-state index in [2.05, 4.69) is 0 Å². The molecule has 3 rings (SSSR count). The highest BCUT2D eigenvalue weighted by atomic mass is 19.1. The lowest BCUT2D eigenvalue weighted by Gasteiger charge is -2.09. The number of allylic oxidation sites excluding steroid dienone is 2. The van der Waals surface area contributed by atoms with Crippen molar-refractivity contribution in [1.82, 2.24) is 4.48 Å². The monoisotopic (exact) mass is 173 g/mol. The average Bonchev–Trinajstić information content (AvgIpc) is 2.71. The van der Waals surface area contributed by atoms with E-state index in [4.69, 9.17) is 0 Å². The lowest BCUT2D eigenvalue weighted by molar-refractivity contribution is -0.328. The van der Waals surface area contributed by atoms with Gasteiger partial charge in [0, 0.05) is 30.1 Å². The molecule has 0 radical (unpaired) electrons. The summed E-state index contributed by atoms with van der Waals surface area (Å²) in [5, 5.41) is 0. The third kappa shape index (κ3) is 0.799. The van der Waals surface area contributed by atoms with Crippen LogP contribution in [0.4, 0.5) is 4.32 Å². The van der Waals surface area contributed by atoms with Gasteiger partial charge in [0.15, 0.2) is 5.70 Å². The van der Waals surface area contributed by atoms with Gasteiger partial charge in [-0.2, -0.15) is 0 Å². The highest BCUT2D eigenvalue weighted by Gasteiger charge is 2.43. The van der Waals surface area contributed by atoms with Gasteiger partial charge in [-0.1, -0.05) is 0 Å². The van der Waals surface area contributed by atoms with Crippen LogP contribution < -0.4 is 0 Å². The molecule has 0 saturated carbocycles. The Morgan fingerprint density at radius 2 is 2.38 bits per heavy atom. The first kappa shape index (κ1) is 6.89. The maximum atomic E-state index is 13.7. The van der Waals surface area contributed by atoms with E-state index < -0.39 is 7.26 Å². The number of aromatic nitrogens is 1. The van der Waals surface area contributed by atoms with Gasteiger partial charge < -0.3 is 0 Å². The Morgan fingerprint density at radius 1 is 1.46 bits per heavy atom.